The molecular weight excluding hydrogens is 368 g/mol. The third-order valence-electron chi connectivity index (χ3n) is 6.01. The van der Waals surface area contributed by atoms with E-state index >= 15 is 0 Å². The lowest BCUT2D eigenvalue weighted by Crippen LogP contribution is -2.59. The Morgan fingerprint density at radius 3 is 1.96 bits per heavy atom. The Bertz CT molecular complexity index is 634. The van der Waals surface area contributed by atoms with Crippen LogP contribution in [0.25, 0.3) is 0 Å². The summed E-state index contributed by atoms with van der Waals surface area (Å²) in [6.07, 6.45) is 0.335. The SMILES string of the molecule is CC1OC(C)(C)C2(O1)OC(CCC1(C)OCC3(COC(C)(C)O3)O1)OC2(C)C. The molecule has 4 aliphatic rings. The first-order valence-electron chi connectivity index (χ1n) is 10.1. The largest absolute Gasteiger partial charge is 0.345 e. The summed E-state index contributed by atoms with van der Waals surface area (Å²) in [5, 5.41) is 0. The molecule has 4 fully saturated rings. The molecule has 4 heterocycles. The Balaban J connectivity index is 1.40. The zero-order chi connectivity index (χ0) is 20.6. The molecule has 28 heavy (non-hydrogen) atoms. The maximum Gasteiger partial charge on any atom is 0.231 e. The summed E-state index contributed by atoms with van der Waals surface area (Å²) in [4.78, 5) is 0. The Labute approximate surface area is 167 Å². The molecule has 0 N–H and O–H groups in total. The van der Waals surface area contributed by atoms with Crippen LogP contribution in [0.1, 0.15) is 68.2 Å². The molecule has 4 rings (SSSR count). The predicted octanol–water partition coefficient (Wildman–Crippen LogP) is 3.03. The molecule has 0 radical (unpaired) electrons. The lowest BCUT2D eigenvalue weighted by molar-refractivity contribution is -0.274. The number of ether oxygens (including phenoxy) is 8. The second-order valence-electron chi connectivity index (χ2n) is 9.87. The van der Waals surface area contributed by atoms with Crippen molar-refractivity contribution in [2.24, 2.45) is 0 Å². The van der Waals surface area contributed by atoms with Gasteiger partial charge in [-0.15, -0.1) is 0 Å². The van der Waals surface area contributed by atoms with Crippen LogP contribution in [0.5, 0.6) is 0 Å². The van der Waals surface area contributed by atoms with E-state index in [0.29, 0.717) is 26.1 Å². The van der Waals surface area contributed by atoms with E-state index < -0.39 is 40.6 Å². The van der Waals surface area contributed by atoms with Gasteiger partial charge in [-0.2, -0.15) is 0 Å². The molecule has 0 aromatic rings. The average Bonchev–Trinajstić information content (AvgIpc) is 3.16. The first kappa shape index (κ1) is 20.9. The summed E-state index contributed by atoms with van der Waals surface area (Å²) in [6.45, 7) is 16.1. The van der Waals surface area contributed by atoms with Crippen LogP contribution < -0.4 is 0 Å². The summed E-state index contributed by atoms with van der Waals surface area (Å²) in [5.41, 5.74) is -1.31. The van der Waals surface area contributed by atoms with E-state index in [1.807, 2.05) is 55.4 Å². The summed E-state index contributed by atoms with van der Waals surface area (Å²) >= 11 is 0. The summed E-state index contributed by atoms with van der Waals surface area (Å²) in [5.74, 6) is -3.30. The average molecular weight is 402 g/mol. The van der Waals surface area contributed by atoms with Crippen molar-refractivity contribution in [2.45, 2.75) is 115 Å². The Morgan fingerprint density at radius 1 is 0.750 bits per heavy atom. The van der Waals surface area contributed by atoms with Crippen LogP contribution in [-0.2, 0) is 37.9 Å². The molecule has 5 unspecified atom stereocenters. The first-order chi connectivity index (χ1) is 12.7. The van der Waals surface area contributed by atoms with Gasteiger partial charge < -0.3 is 37.9 Å². The zero-order valence-electron chi connectivity index (χ0n) is 18.2. The van der Waals surface area contributed by atoms with Gasteiger partial charge in [0.2, 0.25) is 11.6 Å². The van der Waals surface area contributed by atoms with Crippen molar-refractivity contribution in [3.63, 3.8) is 0 Å². The third-order valence-corrected chi connectivity index (χ3v) is 6.01. The second-order valence-corrected chi connectivity index (χ2v) is 9.87. The maximum absolute atomic E-state index is 6.33. The van der Waals surface area contributed by atoms with Gasteiger partial charge in [0.05, 0.1) is 0 Å². The summed E-state index contributed by atoms with van der Waals surface area (Å²) in [7, 11) is 0. The quantitative estimate of drug-likeness (QED) is 0.713. The van der Waals surface area contributed by atoms with Crippen LogP contribution in [0, 0.1) is 0 Å². The highest BCUT2D eigenvalue weighted by Crippen LogP contribution is 2.53. The van der Waals surface area contributed by atoms with Crippen molar-refractivity contribution < 1.29 is 37.9 Å². The topological polar surface area (TPSA) is 73.8 Å². The Morgan fingerprint density at radius 2 is 1.39 bits per heavy atom. The van der Waals surface area contributed by atoms with E-state index in [1.54, 1.807) is 0 Å². The molecule has 0 bridgehead atoms. The molecule has 162 valence electrons. The van der Waals surface area contributed by atoms with Crippen LogP contribution in [0.3, 0.4) is 0 Å². The van der Waals surface area contributed by atoms with Gasteiger partial charge >= 0.3 is 0 Å². The lowest BCUT2D eigenvalue weighted by atomic mass is 9.84. The molecule has 0 aromatic heterocycles. The molecule has 5 atom stereocenters. The molecule has 4 saturated heterocycles. The highest BCUT2D eigenvalue weighted by Gasteiger charge is 2.70. The van der Waals surface area contributed by atoms with Gasteiger partial charge in [0.15, 0.2) is 24.2 Å². The highest BCUT2D eigenvalue weighted by atomic mass is 16.9. The molecular formula is C20H34O8. The fourth-order valence-corrected chi connectivity index (χ4v) is 4.93. The smallest absolute Gasteiger partial charge is 0.231 e. The van der Waals surface area contributed by atoms with Crippen LogP contribution >= 0.6 is 0 Å². The second kappa shape index (κ2) is 6.11. The van der Waals surface area contributed by atoms with Crippen molar-refractivity contribution in [3.05, 3.63) is 0 Å². The standard InChI is InChI=1S/C20H34O8/c1-13-23-15(2,3)20(24-13)16(4,5)25-14(26-20)9-10-18(8)22-12-19(28-18)11-21-17(6,7)27-19/h13-14H,9-12H2,1-8H3. The minimum absolute atomic E-state index is 0.330. The number of rotatable bonds is 3. The lowest BCUT2D eigenvalue weighted by Gasteiger charge is -2.40. The van der Waals surface area contributed by atoms with E-state index in [-0.39, 0.29) is 6.29 Å². The summed E-state index contributed by atoms with van der Waals surface area (Å²) < 4.78 is 48.4. The van der Waals surface area contributed by atoms with Gasteiger partial charge in [0.25, 0.3) is 0 Å². The van der Waals surface area contributed by atoms with Gasteiger partial charge in [-0.1, -0.05) is 0 Å². The molecule has 0 aliphatic carbocycles. The Hall–Kier alpha value is -0.320. The highest BCUT2D eigenvalue weighted by molar-refractivity contribution is 5.07. The van der Waals surface area contributed by atoms with Gasteiger partial charge in [-0.3, -0.25) is 0 Å². The monoisotopic (exact) mass is 402 g/mol. The first-order valence-corrected chi connectivity index (χ1v) is 10.1. The van der Waals surface area contributed by atoms with Gasteiger partial charge in [-0.05, 0) is 55.4 Å². The van der Waals surface area contributed by atoms with Crippen molar-refractivity contribution in [3.8, 4) is 0 Å². The van der Waals surface area contributed by atoms with E-state index in [4.69, 9.17) is 37.9 Å². The van der Waals surface area contributed by atoms with Crippen LogP contribution in [0.2, 0.25) is 0 Å². The van der Waals surface area contributed by atoms with Crippen molar-refractivity contribution in [1.82, 2.24) is 0 Å². The van der Waals surface area contributed by atoms with Crippen LogP contribution in [-0.4, -0.2) is 60.1 Å². The molecule has 4 aliphatic heterocycles. The third kappa shape index (κ3) is 3.22. The van der Waals surface area contributed by atoms with Crippen molar-refractivity contribution in [1.29, 1.82) is 0 Å². The molecule has 2 spiro atoms. The molecule has 0 aromatic carbocycles. The Kier molecular flexibility index (Phi) is 4.56. The van der Waals surface area contributed by atoms with Gasteiger partial charge in [0, 0.05) is 12.8 Å². The van der Waals surface area contributed by atoms with E-state index in [2.05, 4.69) is 0 Å². The van der Waals surface area contributed by atoms with Gasteiger partial charge in [-0.25, -0.2) is 0 Å². The normalized spacial score (nSPS) is 48.9. The van der Waals surface area contributed by atoms with Crippen molar-refractivity contribution in [2.75, 3.05) is 13.2 Å². The maximum atomic E-state index is 6.33. The van der Waals surface area contributed by atoms with Crippen LogP contribution in [0.4, 0.5) is 0 Å². The van der Waals surface area contributed by atoms with E-state index in [1.165, 1.54) is 0 Å². The van der Waals surface area contributed by atoms with E-state index in [9.17, 15) is 0 Å². The minimum Gasteiger partial charge on any atom is -0.345 e. The fraction of sp³-hybridized carbons (Fsp3) is 1.00. The van der Waals surface area contributed by atoms with Crippen molar-refractivity contribution >= 4 is 0 Å². The number of hydrogen-bond donors (Lipinski definition) is 0. The molecule has 0 amide bonds. The summed E-state index contributed by atoms with van der Waals surface area (Å²) in [6, 6.07) is 0. The molecule has 8 nitrogen and oxygen atoms in total. The zero-order valence-corrected chi connectivity index (χ0v) is 18.2. The molecule has 0 saturated carbocycles. The van der Waals surface area contributed by atoms with Crippen LogP contribution in [0.15, 0.2) is 0 Å². The fourth-order valence-electron chi connectivity index (χ4n) is 4.93. The minimum atomic E-state index is -0.976. The van der Waals surface area contributed by atoms with E-state index in [0.717, 1.165) is 0 Å². The predicted molar refractivity (Wildman–Crippen MR) is 97.0 cm³/mol. The van der Waals surface area contributed by atoms with Gasteiger partial charge in [0.1, 0.15) is 24.4 Å². The number of hydrogen-bond acceptors (Lipinski definition) is 8. The molecule has 8 heteroatoms.